The summed E-state index contributed by atoms with van der Waals surface area (Å²) in [5, 5.41) is 0. The summed E-state index contributed by atoms with van der Waals surface area (Å²) in [6.07, 6.45) is 9.20. The molecule has 2 aliphatic carbocycles. The van der Waals surface area contributed by atoms with Crippen LogP contribution in [0.5, 0.6) is 0 Å². The van der Waals surface area contributed by atoms with Crippen molar-refractivity contribution in [3.05, 3.63) is 45.6 Å². The second kappa shape index (κ2) is 5.50. The summed E-state index contributed by atoms with van der Waals surface area (Å²) < 4.78 is 0. The normalized spacial score (nSPS) is 20.4. The molecule has 0 saturated heterocycles. The molecule has 0 heterocycles. The Kier molecular flexibility index (Phi) is 4.38. The van der Waals surface area contributed by atoms with Gasteiger partial charge in [0.15, 0.2) is 0 Å². The number of hydrogen-bond acceptors (Lipinski definition) is 0. The highest BCUT2D eigenvalue weighted by molar-refractivity contribution is 5.56. The van der Waals surface area contributed by atoms with Gasteiger partial charge in [-0.15, -0.1) is 0 Å². The Balaban J connectivity index is 2.70. The first-order valence-corrected chi connectivity index (χ1v) is 8.91. The first-order chi connectivity index (χ1) is 10.3. The Morgan fingerprint density at radius 2 is 0.913 bits per heavy atom. The van der Waals surface area contributed by atoms with Crippen LogP contribution in [0.4, 0.5) is 0 Å². The van der Waals surface area contributed by atoms with Crippen molar-refractivity contribution in [1.29, 1.82) is 0 Å². The van der Waals surface area contributed by atoms with Gasteiger partial charge in [-0.1, -0.05) is 66.5 Å². The van der Waals surface area contributed by atoms with Crippen LogP contribution in [-0.4, -0.2) is 0 Å². The molecule has 0 bridgehead atoms. The third-order valence-corrected chi connectivity index (χ3v) is 5.47. The van der Waals surface area contributed by atoms with Crippen molar-refractivity contribution < 1.29 is 0 Å². The smallest absolute Gasteiger partial charge is 0.0151 e. The van der Waals surface area contributed by atoms with E-state index in [1.165, 1.54) is 22.3 Å². The Morgan fingerprint density at radius 3 is 1.17 bits per heavy atom. The molecule has 0 spiro atoms. The van der Waals surface area contributed by atoms with E-state index in [1.54, 1.807) is 11.1 Å². The summed E-state index contributed by atoms with van der Waals surface area (Å²) in [6.45, 7) is 23.3. The predicted molar refractivity (Wildman–Crippen MR) is 101 cm³/mol. The summed E-state index contributed by atoms with van der Waals surface area (Å²) in [6, 6.07) is 0. The van der Waals surface area contributed by atoms with Crippen LogP contribution in [-0.2, 0) is 0 Å². The van der Waals surface area contributed by atoms with E-state index in [1.807, 2.05) is 0 Å². The van der Waals surface area contributed by atoms with Gasteiger partial charge >= 0.3 is 0 Å². The predicted octanol–water partition coefficient (Wildman–Crippen LogP) is 7.00. The van der Waals surface area contributed by atoms with Crippen LogP contribution >= 0.6 is 0 Å². The van der Waals surface area contributed by atoms with E-state index in [-0.39, 0.29) is 16.2 Å². The van der Waals surface area contributed by atoms with Gasteiger partial charge < -0.3 is 0 Å². The maximum absolute atomic E-state index is 3.61. The molecule has 23 heavy (non-hydrogen) atoms. The largest absolute Gasteiger partial charge is 0.0564 e. The minimum absolute atomic E-state index is 0.0202. The Labute approximate surface area is 144 Å². The maximum Gasteiger partial charge on any atom is 0.0151 e. The molecular formula is C23H34. The Hall–Kier alpha value is -1.04. The molecule has 2 aliphatic rings. The zero-order chi connectivity index (χ0) is 17.8. The van der Waals surface area contributed by atoms with Crippen molar-refractivity contribution in [2.24, 2.45) is 16.2 Å². The highest BCUT2D eigenvalue weighted by Gasteiger charge is 2.40. The van der Waals surface area contributed by atoms with E-state index in [0.29, 0.717) is 0 Å². The van der Waals surface area contributed by atoms with Gasteiger partial charge in [-0.05, 0) is 72.0 Å². The van der Waals surface area contributed by atoms with E-state index >= 15 is 0 Å². The first-order valence-electron chi connectivity index (χ1n) is 8.91. The maximum atomic E-state index is 3.61. The highest BCUT2D eigenvalue weighted by atomic mass is 14.4. The molecular weight excluding hydrogens is 276 g/mol. The van der Waals surface area contributed by atoms with Crippen LogP contribution in [0.15, 0.2) is 33.4 Å². The Morgan fingerprint density at radius 1 is 0.609 bits per heavy atom. The van der Waals surface area contributed by atoms with E-state index in [4.69, 9.17) is 0 Å². The van der Waals surface area contributed by atoms with E-state index < -0.39 is 0 Å². The standard InChI is InChI=1S/C23H34/c1-15-11-13-17(21(3,4)5)19(15)23(9,10)20-16(2)12-14-18(20)22(6,7)8/h13-14H2,1-10H3. The van der Waals surface area contributed by atoms with Crippen LogP contribution in [0.25, 0.3) is 0 Å². The molecule has 0 atom stereocenters. The van der Waals surface area contributed by atoms with Gasteiger partial charge in [-0.3, -0.25) is 0 Å². The summed E-state index contributed by atoms with van der Waals surface area (Å²) in [4.78, 5) is 0. The van der Waals surface area contributed by atoms with Gasteiger partial charge in [0.05, 0.1) is 0 Å². The van der Waals surface area contributed by atoms with Crippen molar-refractivity contribution in [2.45, 2.75) is 82.1 Å². The van der Waals surface area contributed by atoms with E-state index in [9.17, 15) is 0 Å². The van der Waals surface area contributed by atoms with Crippen molar-refractivity contribution in [3.8, 4) is 0 Å². The molecule has 0 heteroatoms. The molecule has 0 N–H and O–H groups in total. The number of hydrogen-bond donors (Lipinski definition) is 0. The van der Waals surface area contributed by atoms with Crippen molar-refractivity contribution in [2.75, 3.05) is 0 Å². The summed E-state index contributed by atoms with van der Waals surface area (Å²) in [7, 11) is 0. The molecule has 0 aromatic heterocycles. The van der Waals surface area contributed by atoms with Crippen LogP contribution in [0.2, 0.25) is 0 Å². The van der Waals surface area contributed by atoms with Crippen molar-refractivity contribution >= 4 is 0 Å². The molecule has 0 nitrogen and oxygen atoms in total. The molecule has 0 saturated carbocycles. The zero-order valence-electron chi connectivity index (χ0n) is 16.9. The van der Waals surface area contributed by atoms with Crippen LogP contribution in [0.1, 0.15) is 82.1 Å². The molecule has 0 aromatic rings. The van der Waals surface area contributed by atoms with Crippen LogP contribution in [0, 0.1) is 28.4 Å². The molecule has 0 aromatic carbocycles. The van der Waals surface area contributed by atoms with Crippen molar-refractivity contribution in [3.63, 3.8) is 0 Å². The number of rotatable bonds is 2. The summed E-state index contributed by atoms with van der Waals surface area (Å²) in [5.41, 5.74) is 9.25. The van der Waals surface area contributed by atoms with Crippen LogP contribution < -0.4 is 0 Å². The molecule has 2 rings (SSSR count). The van der Waals surface area contributed by atoms with E-state index in [0.717, 1.165) is 12.8 Å². The molecule has 0 amide bonds. The fourth-order valence-corrected chi connectivity index (χ4v) is 4.35. The topological polar surface area (TPSA) is 0 Å². The summed E-state index contributed by atoms with van der Waals surface area (Å²) in [5.74, 6) is 0. The lowest BCUT2D eigenvalue weighted by Gasteiger charge is -2.38. The fourth-order valence-electron chi connectivity index (χ4n) is 4.35. The quantitative estimate of drug-likeness (QED) is 0.515. The minimum Gasteiger partial charge on any atom is -0.0564 e. The van der Waals surface area contributed by atoms with Gasteiger partial charge in [0.1, 0.15) is 0 Å². The third kappa shape index (κ3) is 3.14. The second-order valence-corrected chi connectivity index (χ2v) is 9.79. The zero-order valence-corrected chi connectivity index (χ0v) is 16.9. The van der Waals surface area contributed by atoms with Gasteiger partial charge in [0.25, 0.3) is 0 Å². The van der Waals surface area contributed by atoms with Gasteiger partial charge in [-0.25, -0.2) is 0 Å². The second-order valence-electron chi connectivity index (χ2n) is 9.79. The molecule has 0 unspecified atom stereocenters. The Bertz CT molecular complexity index is 573. The fraction of sp³-hybridized carbons (Fsp3) is 0.652. The van der Waals surface area contributed by atoms with Crippen LogP contribution in [0.3, 0.4) is 0 Å². The third-order valence-electron chi connectivity index (χ3n) is 5.47. The average molecular weight is 311 g/mol. The molecule has 0 aliphatic heterocycles. The minimum atomic E-state index is 0.0202. The van der Waals surface area contributed by atoms with Gasteiger partial charge in [0.2, 0.25) is 0 Å². The van der Waals surface area contributed by atoms with Gasteiger partial charge in [-0.2, -0.15) is 0 Å². The average Bonchev–Trinajstić information content (AvgIpc) is 2.91. The molecule has 0 fully saturated rings. The first kappa shape index (κ1) is 18.3. The van der Waals surface area contributed by atoms with E-state index in [2.05, 4.69) is 81.4 Å². The SMILES string of the molecule is CC1=[C]CC(C(C)(C)C)=C1C(C)(C)C1=C(C(C)(C)C)C[C]=C1C. The van der Waals surface area contributed by atoms with Gasteiger partial charge in [0, 0.05) is 5.41 Å². The molecule has 2 radical (unpaired) electrons. The van der Waals surface area contributed by atoms with Crippen molar-refractivity contribution in [1.82, 2.24) is 0 Å². The lowest BCUT2D eigenvalue weighted by molar-refractivity contribution is 0.444. The monoisotopic (exact) mass is 310 g/mol. The lowest BCUT2D eigenvalue weighted by Crippen LogP contribution is -2.25. The molecule has 126 valence electrons. The lowest BCUT2D eigenvalue weighted by atomic mass is 9.66. The highest BCUT2D eigenvalue weighted by Crippen LogP contribution is 2.54. The number of allylic oxidation sites excluding steroid dienone is 8. The summed E-state index contributed by atoms with van der Waals surface area (Å²) >= 11 is 0.